The number of unbranched alkanes of at least 4 members (excludes halogenated alkanes) is 1. The second kappa shape index (κ2) is 13.1. The van der Waals surface area contributed by atoms with Crippen molar-refractivity contribution in [3.63, 3.8) is 0 Å². The lowest BCUT2D eigenvalue weighted by molar-refractivity contribution is -0.122. The molecule has 2 amide bonds. The molecule has 1 aliphatic rings. The third kappa shape index (κ3) is 10.1. The van der Waals surface area contributed by atoms with Crippen LogP contribution in [0.5, 0.6) is 0 Å². The quantitative estimate of drug-likeness (QED) is 0.377. The molecule has 0 spiro atoms. The molecule has 1 saturated heterocycles. The molecule has 0 saturated carbocycles. The van der Waals surface area contributed by atoms with E-state index in [-0.39, 0.29) is 11.8 Å². The summed E-state index contributed by atoms with van der Waals surface area (Å²) in [6.45, 7) is 10.0. The third-order valence-electron chi connectivity index (χ3n) is 4.70. The number of nitrogens with two attached hydrogens (primary N) is 1. The molecule has 152 valence electrons. The highest BCUT2D eigenvalue weighted by Crippen LogP contribution is 2.10. The molecule has 1 heterocycles. The highest BCUT2D eigenvalue weighted by molar-refractivity contribution is 5.81. The monoisotopic (exact) mass is 369 g/mol. The van der Waals surface area contributed by atoms with Crippen LogP contribution in [0.4, 0.5) is 0 Å². The average molecular weight is 370 g/mol. The van der Waals surface area contributed by atoms with Gasteiger partial charge in [-0.15, -0.1) is 0 Å². The van der Waals surface area contributed by atoms with Gasteiger partial charge in [-0.1, -0.05) is 27.2 Å². The van der Waals surface area contributed by atoms with Gasteiger partial charge in [0.2, 0.25) is 11.8 Å². The van der Waals surface area contributed by atoms with Crippen LogP contribution >= 0.6 is 0 Å². The van der Waals surface area contributed by atoms with Crippen molar-refractivity contribution in [2.24, 2.45) is 5.73 Å². The van der Waals surface area contributed by atoms with Gasteiger partial charge in [0.1, 0.15) is 0 Å². The van der Waals surface area contributed by atoms with Crippen molar-refractivity contribution in [2.45, 2.75) is 77.4 Å². The fourth-order valence-electron chi connectivity index (χ4n) is 3.19. The van der Waals surface area contributed by atoms with E-state index in [4.69, 9.17) is 5.73 Å². The van der Waals surface area contributed by atoms with Gasteiger partial charge < -0.3 is 21.7 Å². The van der Waals surface area contributed by atoms with E-state index in [1.165, 1.54) is 0 Å². The summed E-state index contributed by atoms with van der Waals surface area (Å²) in [4.78, 5) is 26.0. The van der Waals surface area contributed by atoms with Crippen LogP contribution in [0.2, 0.25) is 0 Å². The van der Waals surface area contributed by atoms with E-state index in [1.807, 2.05) is 0 Å². The van der Waals surface area contributed by atoms with Crippen LogP contribution < -0.4 is 21.7 Å². The first kappa shape index (κ1) is 22.9. The summed E-state index contributed by atoms with van der Waals surface area (Å²) >= 11 is 0. The number of hydrogen-bond acceptors (Lipinski definition) is 5. The van der Waals surface area contributed by atoms with E-state index in [0.29, 0.717) is 44.6 Å². The average Bonchev–Trinajstić information content (AvgIpc) is 2.60. The molecule has 0 aromatic carbocycles. The largest absolute Gasteiger partial charge is 0.355 e. The number of piperidine rings is 1. The van der Waals surface area contributed by atoms with Crippen molar-refractivity contribution < 1.29 is 9.59 Å². The molecule has 0 bridgehead atoms. The molecule has 7 nitrogen and oxygen atoms in total. The molecule has 0 aliphatic carbocycles. The van der Waals surface area contributed by atoms with Crippen LogP contribution in [0, 0.1) is 0 Å². The number of carbonyl (C=O) groups excluding carboxylic acids is 2. The Bertz CT molecular complexity index is 409. The first-order valence-corrected chi connectivity index (χ1v) is 10.2. The smallest absolute Gasteiger partial charge is 0.236 e. The van der Waals surface area contributed by atoms with Gasteiger partial charge in [-0.05, 0) is 32.1 Å². The van der Waals surface area contributed by atoms with Crippen LogP contribution in [0.15, 0.2) is 0 Å². The third-order valence-corrected chi connectivity index (χ3v) is 4.70. The molecular weight excluding hydrogens is 330 g/mol. The van der Waals surface area contributed by atoms with Crippen molar-refractivity contribution in [2.75, 3.05) is 32.7 Å². The van der Waals surface area contributed by atoms with Crippen molar-refractivity contribution in [1.29, 1.82) is 0 Å². The number of carbonyl (C=O) groups is 2. The van der Waals surface area contributed by atoms with Crippen LogP contribution in [0.25, 0.3) is 0 Å². The van der Waals surface area contributed by atoms with Crippen LogP contribution in [0.1, 0.15) is 59.3 Å². The van der Waals surface area contributed by atoms with E-state index >= 15 is 0 Å². The number of nitrogens with one attached hydrogen (secondary N) is 3. The Hall–Kier alpha value is -1.18. The SMILES string of the molecule is CCCCNC(=O)[C@H](N)CCCNC(=O)CN1CCC(NC(C)C)CC1. The normalized spacial score (nSPS) is 17.3. The fraction of sp³-hybridized carbons (Fsp3) is 0.895. The first-order chi connectivity index (χ1) is 12.4. The Labute approximate surface area is 158 Å². The van der Waals surface area contributed by atoms with Crippen LogP contribution in [-0.2, 0) is 9.59 Å². The molecule has 7 heteroatoms. The maximum atomic E-state index is 12.0. The molecule has 0 radical (unpaired) electrons. The molecule has 0 aromatic heterocycles. The molecule has 26 heavy (non-hydrogen) atoms. The Balaban J connectivity index is 2.07. The van der Waals surface area contributed by atoms with Crippen molar-refractivity contribution in [1.82, 2.24) is 20.9 Å². The zero-order valence-electron chi connectivity index (χ0n) is 16.9. The van der Waals surface area contributed by atoms with Gasteiger partial charge in [0.15, 0.2) is 0 Å². The maximum absolute atomic E-state index is 12.0. The molecule has 5 N–H and O–H groups in total. The standard InChI is InChI=1S/C19H39N5O2/c1-4-5-10-22-19(26)17(20)7-6-11-21-18(25)14-24-12-8-16(9-13-24)23-15(2)3/h15-17,23H,4-14,20H2,1-3H3,(H,21,25)(H,22,26)/t17-/m1/s1. The predicted molar refractivity (Wildman–Crippen MR) is 106 cm³/mol. The number of likely N-dealkylation sites (tertiary alicyclic amines) is 1. The van der Waals surface area contributed by atoms with Gasteiger partial charge >= 0.3 is 0 Å². The van der Waals surface area contributed by atoms with Crippen LogP contribution in [0.3, 0.4) is 0 Å². The van der Waals surface area contributed by atoms with Gasteiger partial charge in [-0.2, -0.15) is 0 Å². The highest BCUT2D eigenvalue weighted by atomic mass is 16.2. The van der Waals surface area contributed by atoms with Crippen molar-refractivity contribution >= 4 is 11.8 Å². The van der Waals surface area contributed by atoms with Gasteiger partial charge in [-0.3, -0.25) is 14.5 Å². The zero-order valence-corrected chi connectivity index (χ0v) is 16.9. The van der Waals surface area contributed by atoms with Gasteiger partial charge in [0.25, 0.3) is 0 Å². The Morgan fingerprint density at radius 1 is 1.12 bits per heavy atom. The molecule has 1 aliphatic heterocycles. The number of rotatable bonds is 12. The highest BCUT2D eigenvalue weighted by Gasteiger charge is 2.21. The molecule has 1 atom stereocenters. The molecule has 0 unspecified atom stereocenters. The van der Waals surface area contributed by atoms with Gasteiger partial charge in [0.05, 0.1) is 12.6 Å². The topological polar surface area (TPSA) is 99.5 Å². The lowest BCUT2D eigenvalue weighted by Gasteiger charge is -2.32. The summed E-state index contributed by atoms with van der Waals surface area (Å²) in [7, 11) is 0. The fourth-order valence-corrected chi connectivity index (χ4v) is 3.19. The summed E-state index contributed by atoms with van der Waals surface area (Å²) < 4.78 is 0. The minimum Gasteiger partial charge on any atom is -0.355 e. The van der Waals surface area contributed by atoms with Crippen LogP contribution in [-0.4, -0.2) is 67.6 Å². The van der Waals surface area contributed by atoms with Gasteiger partial charge in [0, 0.05) is 38.3 Å². The molecular formula is C19H39N5O2. The predicted octanol–water partition coefficient (Wildman–Crippen LogP) is 0.589. The van der Waals surface area contributed by atoms with Gasteiger partial charge in [-0.25, -0.2) is 0 Å². The van der Waals surface area contributed by atoms with E-state index in [2.05, 4.69) is 41.6 Å². The Kier molecular flexibility index (Phi) is 11.5. The zero-order chi connectivity index (χ0) is 19.4. The minimum absolute atomic E-state index is 0.0567. The summed E-state index contributed by atoms with van der Waals surface area (Å²) in [5.74, 6) is -0.0381. The second-order valence-electron chi connectivity index (χ2n) is 7.62. The summed E-state index contributed by atoms with van der Waals surface area (Å²) in [6.07, 6.45) is 5.51. The maximum Gasteiger partial charge on any atom is 0.236 e. The lowest BCUT2D eigenvalue weighted by atomic mass is 10.0. The number of nitrogens with zero attached hydrogens (tertiary/aromatic N) is 1. The first-order valence-electron chi connectivity index (χ1n) is 10.2. The van der Waals surface area contributed by atoms with Crippen molar-refractivity contribution in [3.05, 3.63) is 0 Å². The molecule has 1 fully saturated rings. The van der Waals surface area contributed by atoms with E-state index < -0.39 is 6.04 Å². The number of hydrogen-bond donors (Lipinski definition) is 4. The second-order valence-corrected chi connectivity index (χ2v) is 7.62. The number of amides is 2. The molecule has 0 aromatic rings. The summed E-state index contributed by atoms with van der Waals surface area (Å²) in [5, 5.41) is 9.34. The van der Waals surface area contributed by atoms with E-state index in [1.54, 1.807) is 0 Å². The van der Waals surface area contributed by atoms with E-state index in [0.717, 1.165) is 38.8 Å². The Morgan fingerprint density at radius 3 is 2.38 bits per heavy atom. The van der Waals surface area contributed by atoms with E-state index in [9.17, 15) is 9.59 Å². The summed E-state index contributed by atoms with van der Waals surface area (Å²) in [6, 6.07) is 0.588. The summed E-state index contributed by atoms with van der Waals surface area (Å²) in [5.41, 5.74) is 5.87. The van der Waals surface area contributed by atoms with Crippen molar-refractivity contribution in [3.8, 4) is 0 Å². The Morgan fingerprint density at radius 2 is 1.77 bits per heavy atom. The lowest BCUT2D eigenvalue weighted by Crippen LogP contribution is -2.47. The molecule has 1 rings (SSSR count). The minimum atomic E-state index is -0.490.